The molecule has 1 unspecified atom stereocenters. The summed E-state index contributed by atoms with van der Waals surface area (Å²) in [4.78, 5) is 24.4. The molecule has 1 heterocycles. The summed E-state index contributed by atoms with van der Waals surface area (Å²) in [5.74, 6) is 0.236. The van der Waals surface area contributed by atoms with Crippen molar-refractivity contribution in [2.45, 2.75) is 13.0 Å². The molecule has 2 aromatic rings. The van der Waals surface area contributed by atoms with Gasteiger partial charge in [0.1, 0.15) is 0 Å². The summed E-state index contributed by atoms with van der Waals surface area (Å²) in [5, 5.41) is 0. The molecule has 1 aliphatic rings. The van der Waals surface area contributed by atoms with Crippen LogP contribution in [0.3, 0.4) is 0 Å². The second-order valence-corrected chi connectivity index (χ2v) is 5.90. The number of benzene rings is 2. The Morgan fingerprint density at radius 1 is 1.04 bits per heavy atom. The van der Waals surface area contributed by atoms with Gasteiger partial charge in [0.2, 0.25) is 12.6 Å². The number of hydrogen-bond donors (Lipinski definition) is 0. The number of ether oxygens (including phenoxy) is 3. The summed E-state index contributed by atoms with van der Waals surface area (Å²) >= 11 is 3.31. The Kier molecular flexibility index (Phi) is 4.34. The molecule has 0 radical (unpaired) electrons. The Balaban J connectivity index is 1.69. The first-order chi connectivity index (χ1) is 11.0. The molecule has 0 aliphatic carbocycles. The topological polar surface area (TPSA) is 61.8 Å². The van der Waals surface area contributed by atoms with Crippen LogP contribution in [0, 0.1) is 0 Å². The first kappa shape index (κ1) is 15.6. The first-order valence-corrected chi connectivity index (χ1v) is 7.74. The van der Waals surface area contributed by atoms with Crippen LogP contribution in [-0.4, -0.2) is 24.6 Å². The third-order valence-corrected chi connectivity index (χ3v) is 3.92. The molecule has 0 aromatic heterocycles. The summed E-state index contributed by atoms with van der Waals surface area (Å²) in [5.41, 5.74) is 0.795. The van der Waals surface area contributed by atoms with Gasteiger partial charge in [0, 0.05) is 10.0 Å². The highest BCUT2D eigenvalue weighted by Gasteiger charge is 2.22. The Morgan fingerprint density at radius 3 is 2.43 bits per heavy atom. The second-order valence-electron chi connectivity index (χ2n) is 4.99. The van der Waals surface area contributed by atoms with Crippen LogP contribution in [0.25, 0.3) is 0 Å². The molecule has 1 atom stereocenters. The molecule has 0 saturated carbocycles. The van der Waals surface area contributed by atoms with E-state index in [1.54, 1.807) is 49.4 Å². The number of carbonyl (C=O) groups excluding carboxylic acids is 2. The van der Waals surface area contributed by atoms with E-state index < -0.39 is 12.1 Å². The van der Waals surface area contributed by atoms with Crippen molar-refractivity contribution in [3.63, 3.8) is 0 Å². The predicted molar refractivity (Wildman–Crippen MR) is 85.9 cm³/mol. The smallest absolute Gasteiger partial charge is 0.338 e. The molecule has 0 saturated heterocycles. The van der Waals surface area contributed by atoms with Crippen molar-refractivity contribution in [2.75, 3.05) is 6.79 Å². The summed E-state index contributed by atoms with van der Waals surface area (Å²) < 4.78 is 16.5. The lowest BCUT2D eigenvalue weighted by molar-refractivity contribution is 0.0318. The summed E-state index contributed by atoms with van der Waals surface area (Å²) in [7, 11) is 0. The van der Waals surface area contributed by atoms with E-state index in [-0.39, 0.29) is 12.6 Å². The van der Waals surface area contributed by atoms with Crippen molar-refractivity contribution < 1.29 is 23.8 Å². The molecule has 3 rings (SSSR count). The van der Waals surface area contributed by atoms with Crippen LogP contribution in [0.1, 0.15) is 27.6 Å². The lowest BCUT2D eigenvalue weighted by Crippen LogP contribution is -2.24. The summed E-state index contributed by atoms with van der Waals surface area (Å²) in [6, 6.07) is 11.6. The van der Waals surface area contributed by atoms with Crippen molar-refractivity contribution in [1.82, 2.24) is 0 Å². The van der Waals surface area contributed by atoms with Crippen LogP contribution < -0.4 is 9.47 Å². The van der Waals surface area contributed by atoms with Crippen LogP contribution in [0.2, 0.25) is 0 Å². The molecule has 0 amide bonds. The van der Waals surface area contributed by atoms with Gasteiger partial charge in [-0.05, 0) is 37.3 Å². The number of rotatable bonds is 4. The zero-order valence-electron chi connectivity index (χ0n) is 12.2. The predicted octanol–water partition coefficient (Wildman–Crippen LogP) is 3.61. The van der Waals surface area contributed by atoms with Crippen LogP contribution in [0.4, 0.5) is 0 Å². The molecule has 2 aromatic carbocycles. The third-order valence-electron chi connectivity index (χ3n) is 3.39. The Labute approximate surface area is 141 Å². The van der Waals surface area contributed by atoms with Gasteiger partial charge in [-0.3, -0.25) is 4.79 Å². The standard InChI is InChI=1S/C17H13BrO5/c1-10(16(19)11-2-5-13(18)6-3-11)23-17(20)12-4-7-14-15(8-12)22-9-21-14/h2-8,10H,9H2,1H3. The van der Waals surface area contributed by atoms with Gasteiger partial charge in [-0.1, -0.05) is 28.1 Å². The number of fused-ring (bicyclic) bond motifs is 1. The first-order valence-electron chi connectivity index (χ1n) is 6.95. The highest BCUT2D eigenvalue weighted by molar-refractivity contribution is 9.10. The molecule has 0 bridgehead atoms. The van der Waals surface area contributed by atoms with Gasteiger partial charge in [0.15, 0.2) is 17.6 Å². The fraction of sp³-hybridized carbons (Fsp3) is 0.176. The zero-order valence-corrected chi connectivity index (χ0v) is 13.8. The number of esters is 1. The number of ketones is 1. The molecule has 0 spiro atoms. The number of hydrogen-bond acceptors (Lipinski definition) is 5. The highest BCUT2D eigenvalue weighted by atomic mass is 79.9. The average molecular weight is 377 g/mol. The molecular weight excluding hydrogens is 364 g/mol. The fourth-order valence-electron chi connectivity index (χ4n) is 2.15. The van der Waals surface area contributed by atoms with E-state index >= 15 is 0 Å². The van der Waals surface area contributed by atoms with E-state index in [1.165, 1.54) is 0 Å². The second kappa shape index (κ2) is 6.42. The van der Waals surface area contributed by atoms with Gasteiger partial charge in [0.05, 0.1) is 5.56 Å². The average Bonchev–Trinajstić information content (AvgIpc) is 3.02. The number of carbonyl (C=O) groups is 2. The molecule has 6 heteroatoms. The van der Waals surface area contributed by atoms with Gasteiger partial charge in [-0.25, -0.2) is 4.79 Å². The van der Waals surface area contributed by atoms with Crippen LogP contribution in [-0.2, 0) is 4.74 Å². The fourth-order valence-corrected chi connectivity index (χ4v) is 2.42. The molecule has 5 nitrogen and oxygen atoms in total. The Hall–Kier alpha value is -2.34. The van der Waals surface area contributed by atoms with Crippen LogP contribution >= 0.6 is 15.9 Å². The molecule has 118 valence electrons. The molecular formula is C17H13BrO5. The zero-order chi connectivity index (χ0) is 16.4. The number of Topliss-reactive ketones (excluding diaryl/α,β-unsaturated/α-hetero) is 1. The maximum absolute atomic E-state index is 12.3. The van der Waals surface area contributed by atoms with Crippen molar-refractivity contribution >= 4 is 27.7 Å². The van der Waals surface area contributed by atoms with Crippen molar-refractivity contribution in [3.05, 3.63) is 58.1 Å². The van der Waals surface area contributed by atoms with Gasteiger partial charge >= 0.3 is 5.97 Å². The third kappa shape index (κ3) is 3.37. The Bertz CT molecular complexity index is 754. The molecule has 1 aliphatic heterocycles. The van der Waals surface area contributed by atoms with Crippen LogP contribution in [0.5, 0.6) is 11.5 Å². The van der Waals surface area contributed by atoms with E-state index in [0.29, 0.717) is 22.6 Å². The Morgan fingerprint density at radius 2 is 1.70 bits per heavy atom. The van der Waals surface area contributed by atoms with E-state index in [1.807, 2.05) is 0 Å². The monoisotopic (exact) mass is 376 g/mol. The minimum absolute atomic E-state index is 0.131. The maximum Gasteiger partial charge on any atom is 0.338 e. The van der Waals surface area contributed by atoms with Gasteiger partial charge < -0.3 is 14.2 Å². The lowest BCUT2D eigenvalue weighted by Gasteiger charge is -2.12. The minimum atomic E-state index is -0.880. The lowest BCUT2D eigenvalue weighted by atomic mass is 10.1. The number of halogens is 1. The maximum atomic E-state index is 12.3. The summed E-state index contributed by atoms with van der Waals surface area (Å²) in [6.45, 7) is 1.68. The van der Waals surface area contributed by atoms with Crippen molar-refractivity contribution in [3.8, 4) is 11.5 Å². The normalized spacial score (nSPS) is 13.5. The SMILES string of the molecule is CC(OC(=O)c1ccc2c(c1)OCO2)C(=O)c1ccc(Br)cc1. The van der Waals surface area contributed by atoms with E-state index in [4.69, 9.17) is 14.2 Å². The minimum Gasteiger partial charge on any atom is -0.454 e. The van der Waals surface area contributed by atoms with E-state index in [2.05, 4.69) is 15.9 Å². The van der Waals surface area contributed by atoms with Crippen LogP contribution in [0.15, 0.2) is 46.9 Å². The molecule has 0 fully saturated rings. The summed E-state index contributed by atoms with van der Waals surface area (Å²) in [6.07, 6.45) is -0.880. The largest absolute Gasteiger partial charge is 0.454 e. The van der Waals surface area contributed by atoms with Gasteiger partial charge in [0.25, 0.3) is 0 Å². The van der Waals surface area contributed by atoms with E-state index in [0.717, 1.165) is 4.47 Å². The molecule has 0 N–H and O–H groups in total. The van der Waals surface area contributed by atoms with Crippen molar-refractivity contribution in [1.29, 1.82) is 0 Å². The van der Waals surface area contributed by atoms with E-state index in [9.17, 15) is 9.59 Å². The highest BCUT2D eigenvalue weighted by Crippen LogP contribution is 2.32. The quantitative estimate of drug-likeness (QED) is 0.602. The van der Waals surface area contributed by atoms with Gasteiger partial charge in [-0.15, -0.1) is 0 Å². The van der Waals surface area contributed by atoms with Crippen molar-refractivity contribution in [2.24, 2.45) is 0 Å². The molecule has 23 heavy (non-hydrogen) atoms. The van der Waals surface area contributed by atoms with Gasteiger partial charge in [-0.2, -0.15) is 0 Å².